The van der Waals surface area contributed by atoms with Gasteiger partial charge in [-0.3, -0.25) is 0 Å². The first-order valence-electron chi connectivity index (χ1n) is 12.2. The summed E-state index contributed by atoms with van der Waals surface area (Å²) in [6.07, 6.45) is -5.75. The first kappa shape index (κ1) is 27.1. The molecule has 11 unspecified atom stereocenters. The number of aliphatic hydroxyl groups is 4. The van der Waals surface area contributed by atoms with E-state index in [1.165, 1.54) is 33.7 Å². The number of ether oxygens (including phenoxy) is 8. The van der Waals surface area contributed by atoms with Crippen LogP contribution >= 0.6 is 0 Å². The van der Waals surface area contributed by atoms with Crippen molar-refractivity contribution in [1.29, 1.82) is 0 Å². The van der Waals surface area contributed by atoms with Crippen molar-refractivity contribution < 1.29 is 63.1 Å². The van der Waals surface area contributed by atoms with E-state index in [9.17, 15) is 25.2 Å². The average Bonchev–Trinajstić information content (AvgIpc) is 3.62. The minimum Gasteiger partial charge on any atom is -0.493 e. The lowest BCUT2D eigenvalue weighted by Gasteiger charge is -2.44. The zero-order valence-corrected chi connectivity index (χ0v) is 21.0. The van der Waals surface area contributed by atoms with Crippen molar-refractivity contribution in [2.45, 2.75) is 54.8 Å². The fourth-order valence-electron chi connectivity index (χ4n) is 5.62. The first-order valence-corrected chi connectivity index (χ1v) is 12.2. The van der Waals surface area contributed by atoms with E-state index in [2.05, 4.69) is 0 Å². The molecule has 13 nitrogen and oxygen atoms in total. The number of carbonyl (C=O) groups excluding carboxylic acids is 1. The van der Waals surface area contributed by atoms with Gasteiger partial charge in [0.15, 0.2) is 17.8 Å². The normalized spacial score (nSPS) is 41.0. The number of epoxide rings is 1. The third-order valence-corrected chi connectivity index (χ3v) is 7.67. The Morgan fingerprint density at radius 1 is 1.03 bits per heavy atom. The predicted molar refractivity (Wildman–Crippen MR) is 124 cm³/mol. The zero-order chi connectivity index (χ0) is 27.2. The van der Waals surface area contributed by atoms with Crippen molar-refractivity contribution in [2.24, 2.45) is 11.8 Å². The van der Waals surface area contributed by atoms with Gasteiger partial charge in [-0.15, -0.1) is 0 Å². The number of hydrogen-bond donors (Lipinski definition) is 4. The van der Waals surface area contributed by atoms with Crippen LogP contribution in [0.15, 0.2) is 30.5 Å². The van der Waals surface area contributed by atoms with Crippen LogP contribution in [-0.2, 0) is 28.4 Å². The molecule has 1 aliphatic carbocycles. The molecule has 3 aliphatic heterocycles. The van der Waals surface area contributed by atoms with Crippen LogP contribution in [-0.4, -0.2) is 116 Å². The first-order chi connectivity index (χ1) is 18.3. The summed E-state index contributed by atoms with van der Waals surface area (Å²) in [7, 11) is 4.26. The second-order valence-electron chi connectivity index (χ2n) is 9.61. The van der Waals surface area contributed by atoms with Gasteiger partial charge in [0.25, 0.3) is 0 Å². The Kier molecular flexibility index (Phi) is 7.55. The third kappa shape index (κ3) is 4.42. The second kappa shape index (κ2) is 10.6. The highest BCUT2D eigenvalue weighted by Crippen LogP contribution is 2.60. The molecule has 1 aromatic carbocycles. The zero-order valence-electron chi connectivity index (χ0n) is 21.0. The van der Waals surface area contributed by atoms with E-state index in [0.29, 0.717) is 11.5 Å². The summed E-state index contributed by atoms with van der Waals surface area (Å²) in [5, 5.41) is 41.1. The van der Waals surface area contributed by atoms with E-state index < -0.39 is 79.2 Å². The Morgan fingerprint density at radius 2 is 1.79 bits per heavy atom. The maximum absolute atomic E-state index is 12.9. The molecule has 0 radical (unpaired) electrons. The highest BCUT2D eigenvalue weighted by molar-refractivity contribution is 5.90. The molecule has 0 amide bonds. The molecule has 0 aromatic heterocycles. The molecule has 4 N–H and O–H groups in total. The van der Waals surface area contributed by atoms with Crippen molar-refractivity contribution in [3.63, 3.8) is 0 Å². The van der Waals surface area contributed by atoms with E-state index in [-0.39, 0.29) is 12.2 Å². The maximum atomic E-state index is 12.9. The third-order valence-electron chi connectivity index (χ3n) is 7.67. The summed E-state index contributed by atoms with van der Waals surface area (Å²) < 4.78 is 44.7. The largest absolute Gasteiger partial charge is 0.493 e. The van der Waals surface area contributed by atoms with Crippen molar-refractivity contribution in [1.82, 2.24) is 0 Å². The van der Waals surface area contributed by atoms with E-state index in [0.717, 1.165) is 0 Å². The van der Waals surface area contributed by atoms with E-state index in [4.69, 9.17) is 37.9 Å². The molecule has 5 rings (SSSR count). The van der Waals surface area contributed by atoms with Gasteiger partial charge in [-0.2, -0.15) is 0 Å². The fourth-order valence-corrected chi connectivity index (χ4v) is 5.62. The van der Waals surface area contributed by atoms with Crippen LogP contribution in [0.1, 0.15) is 10.4 Å². The number of hydrogen-bond acceptors (Lipinski definition) is 13. The van der Waals surface area contributed by atoms with Crippen molar-refractivity contribution in [3.8, 4) is 11.5 Å². The van der Waals surface area contributed by atoms with Gasteiger partial charge in [0.05, 0.1) is 44.7 Å². The second-order valence-corrected chi connectivity index (χ2v) is 9.61. The number of aliphatic hydroxyl groups excluding tert-OH is 4. The van der Waals surface area contributed by atoms with Crippen LogP contribution in [0.2, 0.25) is 0 Å². The van der Waals surface area contributed by atoms with Crippen LogP contribution in [0.3, 0.4) is 0 Å². The summed E-state index contributed by atoms with van der Waals surface area (Å²) in [6, 6.07) is 4.63. The Hall–Kier alpha value is -2.49. The fraction of sp³-hybridized carbons (Fsp3) is 0.640. The standard InChI is InChI=1S/C25H32O13/c1-31-13-5-4-11(8-14(13)32-2)22(30)35-10-25-16-12(17(27)21(25)38-25)6-7-34-23(16)37-24-20(33-3)19(29)18(28)15(9-26)36-24/h4-8,12,15-21,23-24,26-29H,9-10H2,1-3H3. The van der Waals surface area contributed by atoms with Crippen molar-refractivity contribution >= 4 is 5.97 Å². The minimum atomic E-state index is -1.40. The highest BCUT2D eigenvalue weighted by atomic mass is 16.8. The highest BCUT2D eigenvalue weighted by Gasteiger charge is 2.76. The van der Waals surface area contributed by atoms with E-state index in [1.807, 2.05) is 0 Å². The molecule has 3 fully saturated rings. The van der Waals surface area contributed by atoms with Crippen LogP contribution in [0.25, 0.3) is 0 Å². The number of esters is 1. The smallest absolute Gasteiger partial charge is 0.338 e. The number of carbonyl (C=O) groups is 1. The minimum absolute atomic E-state index is 0.194. The molecule has 0 bridgehead atoms. The van der Waals surface area contributed by atoms with Gasteiger partial charge in [-0.1, -0.05) is 0 Å². The molecular formula is C25H32O13. The van der Waals surface area contributed by atoms with Gasteiger partial charge in [-0.05, 0) is 24.3 Å². The summed E-state index contributed by atoms with van der Waals surface area (Å²) >= 11 is 0. The van der Waals surface area contributed by atoms with E-state index >= 15 is 0 Å². The Bertz CT molecular complexity index is 1050. The number of rotatable bonds is 9. The van der Waals surface area contributed by atoms with Gasteiger partial charge >= 0.3 is 5.97 Å². The Balaban J connectivity index is 1.32. The van der Waals surface area contributed by atoms with Gasteiger partial charge in [-0.25, -0.2) is 4.79 Å². The lowest BCUT2D eigenvalue weighted by Crippen LogP contribution is -2.61. The number of fused-ring (bicyclic) bond motifs is 3. The molecule has 38 heavy (non-hydrogen) atoms. The monoisotopic (exact) mass is 540 g/mol. The molecular weight excluding hydrogens is 508 g/mol. The molecule has 11 atom stereocenters. The molecule has 13 heteroatoms. The van der Waals surface area contributed by atoms with Crippen LogP contribution in [0.5, 0.6) is 11.5 Å². The molecule has 3 heterocycles. The lowest BCUT2D eigenvalue weighted by atomic mass is 9.85. The van der Waals surface area contributed by atoms with Gasteiger partial charge < -0.3 is 58.3 Å². The topological polar surface area (TPSA) is 175 Å². The van der Waals surface area contributed by atoms with Gasteiger partial charge in [0, 0.05) is 13.0 Å². The van der Waals surface area contributed by atoms with Gasteiger partial charge in [0.1, 0.15) is 42.7 Å². The van der Waals surface area contributed by atoms with Crippen molar-refractivity contribution in [2.75, 3.05) is 34.5 Å². The van der Waals surface area contributed by atoms with Gasteiger partial charge in [0.2, 0.25) is 6.29 Å². The average molecular weight is 541 g/mol. The summed E-state index contributed by atoms with van der Waals surface area (Å²) in [5.41, 5.74) is -0.864. The molecule has 4 aliphatic rings. The maximum Gasteiger partial charge on any atom is 0.338 e. The Labute approximate surface area is 218 Å². The number of methoxy groups -OCH3 is 3. The summed E-state index contributed by atoms with van der Waals surface area (Å²) in [5.74, 6) is -0.869. The number of benzene rings is 1. The van der Waals surface area contributed by atoms with Crippen LogP contribution in [0, 0.1) is 11.8 Å². The quantitative estimate of drug-likeness (QED) is 0.221. The van der Waals surface area contributed by atoms with Crippen LogP contribution in [0.4, 0.5) is 0 Å². The van der Waals surface area contributed by atoms with Crippen molar-refractivity contribution in [3.05, 3.63) is 36.1 Å². The molecule has 210 valence electrons. The predicted octanol–water partition coefficient (Wildman–Crippen LogP) is -1.05. The lowest BCUT2D eigenvalue weighted by molar-refractivity contribution is -0.347. The Morgan fingerprint density at radius 3 is 2.47 bits per heavy atom. The molecule has 1 aromatic rings. The summed E-state index contributed by atoms with van der Waals surface area (Å²) in [4.78, 5) is 12.9. The summed E-state index contributed by atoms with van der Waals surface area (Å²) in [6.45, 7) is -0.758. The van der Waals surface area contributed by atoms with E-state index in [1.54, 1.807) is 18.2 Å². The SMILES string of the molecule is COc1ccc(C(=O)OCC23OC2C(O)C2C=COC(OC4OC(CO)C(O)C(O)C4OC)C23)cc1OC. The molecule has 0 spiro atoms. The molecule has 2 saturated heterocycles. The van der Waals surface area contributed by atoms with Crippen LogP contribution < -0.4 is 9.47 Å². The molecule has 1 saturated carbocycles.